The van der Waals surface area contributed by atoms with Crippen LogP contribution in [0.3, 0.4) is 0 Å². The number of ether oxygens (including phenoxy) is 3. The van der Waals surface area contributed by atoms with E-state index in [2.05, 4.69) is 29.5 Å². The first-order valence-electron chi connectivity index (χ1n) is 9.92. The Balaban J connectivity index is 1.59. The second kappa shape index (κ2) is 10.9. The van der Waals surface area contributed by atoms with E-state index in [-0.39, 0.29) is 11.0 Å². The number of methoxy groups -OCH3 is 2. The lowest BCUT2D eigenvalue weighted by Gasteiger charge is -2.10. The van der Waals surface area contributed by atoms with E-state index < -0.39 is 0 Å². The molecule has 0 aliphatic rings. The highest BCUT2D eigenvalue weighted by molar-refractivity contribution is 7.80. The van der Waals surface area contributed by atoms with Crippen molar-refractivity contribution < 1.29 is 19.0 Å². The van der Waals surface area contributed by atoms with Crippen molar-refractivity contribution in [2.45, 2.75) is 13.8 Å². The zero-order chi connectivity index (χ0) is 23.1. The Morgan fingerprint density at radius 1 is 1.09 bits per heavy atom. The Labute approximate surface area is 196 Å². The first kappa shape index (κ1) is 23.5. The molecule has 3 aromatic rings. The minimum Gasteiger partial charge on any atom is -0.493 e. The number of hydrogen-bond acceptors (Lipinski definition) is 7. The predicted octanol–water partition coefficient (Wildman–Crippen LogP) is 4.99. The second-order valence-corrected chi connectivity index (χ2v) is 8.51. The molecule has 7 nitrogen and oxygen atoms in total. The fourth-order valence-electron chi connectivity index (χ4n) is 2.73. The summed E-state index contributed by atoms with van der Waals surface area (Å²) in [6.07, 6.45) is 0. The summed E-state index contributed by atoms with van der Waals surface area (Å²) in [4.78, 5) is 17.0. The molecule has 0 fully saturated rings. The zero-order valence-electron chi connectivity index (χ0n) is 18.3. The van der Waals surface area contributed by atoms with Gasteiger partial charge in [0.1, 0.15) is 5.75 Å². The lowest BCUT2D eigenvalue weighted by molar-refractivity contribution is 0.0977. The van der Waals surface area contributed by atoms with Crippen LogP contribution in [0.5, 0.6) is 17.2 Å². The number of carbonyl (C=O) groups is 1. The van der Waals surface area contributed by atoms with E-state index in [4.69, 9.17) is 26.4 Å². The highest BCUT2D eigenvalue weighted by atomic mass is 32.1. The number of aromatic nitrogens is 1. The van der Waals surface area contributed by atoms with Crippen LogP contribution in [0.15, 0.2) is 47.8 Å². The largest absolute Gasteiger partial charge is 0.493 e. The van der Waals surface area contributed by atoms with Crippen molar-refractivity contribution in [3.63, 3.8) is 0 Å². The van der Waals surface area contributed by atoms with E-state index in [0.717, 1.165) is 17.0 Å². The molecule has 1 aromatic heterocycles. The lowest BCUT2D eigenvalue weighted by Crippen LogP contribution is -2.34. The molecule has 0 bridgehead atoms. The third-order valence-corrected chi connectivity index (χ3v) is 5.29. The van der Waals surface area contributed by atoms with Crippen molar-refractivity contribution in [2.24, 2.45) is 5.92 Å². The van der Waals surface area contributed by atoms with Crippen LogP contribution in [-0.2, 0) is 0 Å². The number of anilines is 1. The van der Waals surface area contributed by atoms with Gasteiger partial charge in [0, 0.05) is 16.5 Å². The molecule has 0 saturated heterocycles. The molecule has 0 spiro atoms. The Morgan fingerprint density at radius 3 is 2.47 bits per heavy atom. The quantitative estimate of drug-likeness (QED) is 0.448. The van der Waals surface area contributed by atoms with Gasteiger partial charge in [-0.15, -0.1) is 11.3 Å². The Kier molecular flexibility index (Phi) is 8.02. The Morgan fingerprint density at radius 2 is 1.81 bits per heavy atom. The number of benzene rings is 2. The average Bonchev–Trinajstić information content (AvgIpc) is 3.25. The Hall–Kier alpha value is -3.17. The summed E-state index contributed by atoms with van der Waals surface area (Å²) in [5.74, 6) is 2.11. The third-order valence-electron chi connectivity index (χ3n) is 4.33. The first-order chi connectivity index (χ1) is 15.4. The molecule has 9 heteroatoms. The maximum Gasteiger partial charge on any atom is 0.257 e. The van der Waals surface area contributed by atoms with E-state index in [9.17, 15) is 4.79 Å². The molecule has 0 radical (unpaired) electrons. The molecule has 2 aromatic carbocycles. The summed E-state index contributed by atoms with van der Waals surface area (Å²) >= 11 is 6.65. The smallest absolute Gasteiger partial charge is 0.257 e. The average molecular weight is 472 g/mol. The van der Waals surface area contributed by atoms with Crippen LogP contribution in [0, 0.1) is 5.92 Å². The molecule has 168 valence electrons. The van der Waals surface area contributed by atoms with E-state index in [1.807, 2.05) is 23.6 Å². The fourth-order valence-corrected chi connectivity index (χ4v) is 3.71. The monoisotopic (exact) mass is 471 g/mol. The number of rotatable bonds is 8. The normalized spacial score (nSPS) is 10.5. The molecule has 0 aliphatic carbocycles. The molecule has 1 heterocycles. The van der Waals surface area contributed by atoms with Gasteiger partial charge in [-0.3, -0.25) is 10.1 Å². The van der Waals surface area contributed by atoms with Crippen molar-refractivity contribution in [2.75, 3.05) is 26.1 Å². The molecule has 0 atom stereocenters. The minimum atomic E-state index is -0.311. The van der Waals surface area contributed by atoms with Gasteiger partial charge < -0.3 is 19.5 Å². The third kappa shape index (κ3) is 6.18. The Bertz CT molecular complexity index is 1080. The molecule has 0 saturated carbocycles. The fraction of sp³-hybridized carbons (Fsp3) is 0.261. The predicted molar refractivity (Wildman–Crippen MR) is 131 cm³/mol. The zero-order valence-corrected chi connectivity index (χ0v) is 19.9. The van der Waals surface area contributed by atoms with Crippen molar-refractivity contribution >= 4 is 39.7 Å². The summed E-state index contributed by atoms with van der Waals surface area (Å²) < 4.78 is 16.2. The van der Waals surface area contributed by atoms with E-state index in [1.165, 1.54) is 11.3 Å². The lowest BCUT2D eigenvalue weighted by atomic mass is 10.1. The highest BCUT2D eigenvalue weighted by Gasteiger charge is 2.12. The number of nitrogens with one attached hydrogen (secondary N) is 2. The van der Waals surface area contributed by atoms with Gasteiger partial charge in [-0.05, 0) is 60.6 Å². The van der Waals surface area contributed by atoms with Crippen molar-refractivity contribution in [1.29, 1.82) is 0 Å². The van der Waals surface area contributed by atoms with Crippen LogP contribution in [0.4, 0.5) is 5.13 Å². The molecule has 32 heavy (non-hydrogen) atoms. The van der Waals surface area contributed by atoms with Crippen molar-refractivity contribution in [1.82, 2.24) is 10.3 Å². The van der Waals surface area contributed by atoms with Crippen LogP contribution < -0.4 is 24.8 Å². The van der Waals surface area contributed by atoms with Gasteiger partial charge in [0.05, 0.1) is 26.5 Å². The van der Waals surface area contributed by atoms with E-state index >= 15 is 0 Å². The van der Waals surface area contributed by atoms with Crippen LogP contribution >= 0.6 is 23.6 Å². The van der Waals surface area contributed by atoms with Crippen LogP contribution in [-0.4, -0.2) is 36.8 Å². The molecule has 3 rings (SSSR count). The highest BCUT2D eigenvalue weighted by Crippen LogP contribution is 2.33. The number of nitrogens with zero attached hydrogens (tertiary/aromatic N) is 1. The van der Waals surface area contributed by atoms with Gasteiger partial charge in [0.15, 0.2) is 21.7 Å². The number of carbonyl (C=O) groups excluding carboxylic acids is 1. The molecular formula is C23H25N3O4S2. The number of hydrogen-bond donors (Lipinski definition) is 2. The summed E-state index contributed by atoms with van der Waals surface area (Å²) in [6.45, 7) is 4.78. The number of thiocarbonyl (C=S) groups is 1. The van der Waals surface area contributed by atoms with Gasteiger partial charge in [-0.25, -0.2) is 4.98 Å². The van der Waals surface area contributed by atoms with Gasteiger partial charge in [0.25, 0.3) is 5.91 Å². The molecule has 1 amide bonds. The maximum absolute atomic E-state index is 12.5. The summed E-state index contributed by atoms with van der Waals surface area (Å²) in [5.41, 5.74) is 2.11. The van der Waals surface area contributed by atoms with Crippen LogP contribution in [0.2, 0.25) is 0 Å². The van der Waals surface area contributed by atoms with Gasteiger partial charge in [-0.1, -0.05) is 13.8 Å². The van der Waals surface area contributed by atoms with Gasteiger partial charge in [0.2, 0.25) is 0 Å². The molecule has 0 unspecified atom stereocenters. The minimum absolute atomic E-state index is 0.170. The number of thiazole rings is 1. The summed E-state index contributed by atoms with van der Waals surface area (Å²) in [5, 5.41) is 8.25. The van der Waals surface area contributed by atoms with Crippen molar-refractivity contribution in [3.8, 4) is 28.5 Å². The molecule has 0 aliphatic heterocycles. The van der Waals surface area contributed by atoms with Gasteiger partial charge >= 0.3 is 0 Å². The standard InChI is InChI=1S/C23H25N3O4S2/c1-14(2)12-30-17-8-5-15(6-9-17)21(27)25-22(31)26-23-24-18(13-32-23)16-7-10-19(28-3)20(11-16)29-4/h5-11,13-14H,12H2,1-4H3,(H2,24,25,26,27,31). The van der Waals surface area contributed by atoms with Gasteiger partial charge in [-0.2, -0.15) is 0 Å². The first-order valence-corrected chi connectivity index (χ1v) is 11.2. The second-order valence-electron chi connectivity index (χ2n) is 7.25. The number of amides is 1. The van der Waals surface area contributed by atoms with Crippen molar-refractivity contribution in [3.05, 3.63) is 53.4 Å². The maximum atomic E-state index is 12.5. The topological polar surface area (TPSA) is 81.7 Å². The van der Waals surface area contributed by atoms with Crippen LogP contribution in [0.1, 0.15) is 24.2 Å². The molecular weight excluding hydrogens is 446 g/mol. The summed E-state index contributed by atoms with van der Waals surface area (Å²) in [7, 11) is 3.18. The molecule has 2 N–H and O–H groups in total. The van der Waals surface area contributed by atoms with E-state index in [1.54, 1.807) is 38.5 Å². The van der Waals surface area contributed by atoms with Crippen LogP contribution in [0.25, 0.3) is 11.3 Å². The summed E-state index contributed by atoms with van der Waals surface area (Å²) in [6, 6.07) is 12.5. The SMILES string of the molecule is COc1ccc(-c2csc(NC(=S)NC(=O)c3ccc(OCC(C)C)cc3)n2)cc1OC. The van der Waals surface area contributed by atoms with E-state index in [0.29, 0.717) is 34.7 Å².